The molecule has 0 saturated carbocycles. The average molecular weight is 226 g/mol. The lowest BCUT2D eigenvalue weighted by molar-refractivity contribution is -0.117. The SMILES string of the molecule is CC1NC(=O)N(c2cc(F)cc(F)c2)C1=O. The number of halogens is 2. The van der Waals surface area contributed by atoms with Gasteiger partial charge < -0.3 is 5.32 Å². The summed E-state index contributed by atoms with van der Waals surface area (Å²) in [7, 11) is 0. The quantitative estimate of drug-likeness (QED) is 0.736. The second-order valence-corrected chi connectivity index (χ2v) is 3.47. The highest BCUT2D eigenvalue weighted by Crippen LogP contribution is 2.21. The summed E-state index contributed by atoms with van der Waals surface area (Å²) in [5, 5.41) is 2.35. The highest BCUT2D eigenvalue weighted by molar-refractivity contribution is 6.21. The smallest absolute Gasteiger partial charge is 0.326 e. The van der Waals surface area contributed by atoms with Crippen LogP contribution in [0, 0.1) is 11.6 Å². The van der Waals surface area contributed by atoms with Gasteiger partial charge in [0.2, 0.25) is 0 Å². The van der Waals surface area contributed by atoms with E-state index in [1.54, 1.807) is 0 Å². The van der Waals surface area contributed by atoms with Crippen molar-refractivity contribution in [3.8, 4) is 0 Å². The number of carbonyl (C=O) groups is 2. The van der Waals surface area contributed by atoms with Crippen molar-refractivity contribution in [1.82, 2.24) is 5.32 Å². The molecule has 0 bridgehead atoms. The minimum Gasteiger partial charge on any atom is -0.326 e. The summed E-state index contributed by atoms with van der Waals surface area (Å²) in [5.41, 5.74) is -0.107. The molecule has 1 aliphatic rings. The van der Waals surface area contributed by atoms with Crippen LogP contribution in [0.2, 0.25) is 0 Å². The summed E-state index contributed by atoms with van der Waals surface area (Å²) in [4.78, 5) is 23.6. The van der Waals surface area contributed by atoms with Gasteiger partial charge in [0.05, 0.1) is 5.69 Å². The second-order valence-electron chi connectivity index (χ2n) is 3.47. The molecule has 3 amide bonds. The number of hydrogen-bond acceptors (Lipinski definition) is 2. The van der Waals surface area contributed by atoms with Crippen LogP contribution in [0.1, 0.15) is 6.92 Å². The maximum atomic E-state index is 12.9. The van der Waals surface area contributed by atoms with Gasteiger partial charge in [-0.2, -0.15) is 0 Å². The first kappa shape index (κ1) is 10.5. The summed E-state index contributed by atoms with van der Waals surface area (Å²) >= 11 is 0. The van der Waals surface area contributed by atoms with Crippen LogP contribution in [0.4, 0.5) is 19.3 Å². The minimum absolute atomic E-state index is 0.107. The number of benzene rings is 1. The molecule has 4 nitrogen and oxygen atoms in total. The molecule has 0 spiro atoms. The molecule has 1 saturated heterocycles. The van der Waals surface area contributed by atoms with E-state index in [1.807, 2.05) is 0 Å². The van der Waals surface area contributed by atoms with E-state index < -0.39 is 29.6 Å². The molecule has 6 heteroatoms. The number of hydrogen-bond donors (Lipinski definition) is 1. The molecule has 84 valence electrons. The van der Waals surface area contributed by atoms with Gasteiger partial charge in [-0.1, -0.05) is 0 Å². The zero-order chi connectivity index (χ0) is 11.9. The van der Waals surface area contributed by atoms with Crippen LogP contribution in [0.3, 0.4) is 0 Å². The first-order valence-corrected chi connectivity index (χ1v) is 4.59. The first-order chi connectivity index (χ1) is 7.49. The maximum absolute atomic E-state index is 12.9. The van der Waals surface area contributed by atoms with E-state index in [9.17, 15) is 18.4 Å². The Morgan fingerprint density at radius 2 is 1.75 bits per heavy atom. The Kier molecular flexibility index (Phi) is 2.34. The van der Waals surface area contributed by atoms with E-state index in [2.05, 4.69) is 5.32 Å². The largest absolute Gasteiger partial charge is 0.329 e. The van der Waals surface area contributed by atoms with E-state index >= 15 is 0 Å². The van der Waals surface area contributed by atoms with Gasteiger partial charge in [-0.25, -0.2) is 18.5 Å². The number of rotatable bonds is 1. The monoisotopic (exact) mass is 226 g/mol. The maximum Gasteiger partial charge on any atom is 0.329 e. The topological polar surface area (TPSA) is 49.4 Å². The predicted octanol–water partition coefficient (Wildman–Crippen LogP) is 1.41. The van der Waals surface area contributed by atoms with E-state index in [-0.39, 0.29) is 5.69 Å². The lowest BCUT2D eigenvalue weighted by Gasteiger charge is -2.12. The molecule has 0 radical (unpaired) electrons. The van der Waals surface area contributed by atoms with Crippen molar-refractivity contribution in [2.75, 3.05) is 4.90 Å². The molecule has 1 aromatic rings. The number of imide groups is 1. The lowest BCUT2D eigenvalue weighted by Crippen LogP contribution is -2.31. The third kappa shape index (κ3) is 1.62. The summed E-state index contributed by atoms with van der Waals surface area (Å²) in [5.74, 6) is -2.21. The van der Waals surface area contributed by atoms with Gasteiger partial charge in [0.1, 0.15) is 17.7 Å². The normalized spacial score (nSPS) is 20.2. The molecule has 2 rings (SSSR count). The van der Waals surface area contributed by atoms with Crippen LogP contribution in [0.15, 0.2) is 18.2 Å². The fraction of sp³-hybridized carbons (Fsp3) is 0.200. The molecular weight excluding hydrogens is 218 g/mol. The average Bonchev–Trinajstić information content (AvgIpc) is 2.39. The van der Waals surface area contributed by atoms with Gasteiger partial charge in [0.15, 0.2) is 0 Å². The fourth-order valence-electron chi connectivity index (χ4n) is 1.52. The Morgan fingerprint density at radius 3 is 2.19 bits per heavy atom. The lowest BCUT2D eigenvalue weighted by atomic mass is 10.2. The van der Waals surface area contributed by atoms with Crippen LogP contribution in [-0.2, 0) is 4.79 Å². The van der Waals surface area contributed by atoms with Crippen molar-refractivity contribution >= 4 is 17.6 Å². The van der Waals surface area contributed by atoms with Crippen LogP contribution in [-0.4, -0.2) is 18.0 Å². The number of nitrogens with zero attached hydrogens (tertiary/aromatic N) is 1. The van der Waals surface area contributed by atoms with E-state index in [4.69, 9.17) is 0 Å². The van der Waals surface area contributed by atoms with Gasteiger partial charge in [-0.3, -0.25) is 4.79 Å². The number of amides is 3. The third-order valence-electron chi connectivity index (χ3n) is 2.24. The fourth-order valence-corrected chi connectivity index (χ4v) is 1.52. The zero-order valence-corrected chi connectivity index (χ0v) is 8.33. The number of urea groups is 1. The van der Waals surface area contributed by atoms with Crippen molar-refractivity contribution in [3.63, 3.8) is 0 Å². The Labute approximate surface area is 89.8 Å². The van der Waals surface area contributed by atoms with Gasteiger partial charge in [0.25, 0.3) is 5.91 Å². The summed E-state index contributed by atoms with van der Waals surface area (Å²) < 4.78 is 25.8. The van der Waals surface area contributed by atoms with Gasteiger partial charge in [-0.05, 0) is 19.1 Å². The van der Waals surface area contributed by atoms with Crippen LogP contribution < -0.4 is 10.2 Å². The van der Waals surface area contributed by atoms with Crippen molar-refractivity contribution in [2.45, 2.75) is 13.0 Å². The van der Waals surface area contributed by atoms with Crippen molar-refractivity contribution in [2.24, 2.45) is 0 Å². The molecule has 16 heavy (non-hydrogen) atoms. The zero-order valence-electron chi connectivity index (χ0n) is 8.33. The first-order valence-electron chi connectivity index (χ1n) is 4.59. The molecule has 0 aromatic heterocycles. The number of carbonyl (C=O) groups excluding carboxylic acids is 2. The van der Waals surface area contributed by atoms with Crippen LogP contribution in [0.5, 0.6) is 0 Å². The van der Waals surface area contributed by atoms with E-state index in [0.717, 1.165) is 17.0 Å². The molecule has 1 heterocycles. The Balaban J connectivity index is 2.44. The highest BCUT2D eigenvalue weighted by atomic mass is 19.1. The molecule has 1 aliphatic heterocycles. The Hall–Kier alpha value is -1.98. The van der Waals surface area contributed by atoms with E-state index in [0.29, 0.717) is 6.07 Å². The second kappa shape index (κ2) is 3.55. The summed E-state index contributed by atoms with van der Waals surface area (Å²) in [6.07, 6.45) is 0. The Bertz CT molecular complexity index is 456. The molecular formula is C10H8F2N2O2. The standard InChI is InChI=1S/C10H8F2N2O2/c1-5-9(15)14(10(16)13-5)8-3-6(11)2-7(12)4-8/h2-5H,1H3,(H,13,16). The van der Waals surface area contributed by atoms with E-state index in [1.165, 1.54) is 6.92 Å². The predicted molar refractivity (Wildman–Crippen MR) is 51.8 cm³/mol. The van der Waals surface area contributed by atoms with Crippen LogP contribution in [0.25, 0.3) is 0 Å². The summed E-state index contributed by atoms with van der Waals surface area (Å²) in [6, 6.07) is 1.17. The van der Waals surface area contributed by atoms with Gasteiger partial charge in [-0.15, -0.1) is 0 Å². The summed E-state index contributed by atoms with van der Waals surface area (Å²) in [6.45, 7) is 1.50. The van der Waals surface area contributed by atoms with Crippen molar-refractivity contribution in [3.05, 3.63) is 29.8 Å². The number of nitrogens with one attached hydrogen (secondary N) is 1. The van der Waals surface area contributed by atoms with Gasteiger partial charge in [0, 0.05) is 6.07 Å². The molecule has 1 unspecified atom stereocenters. The van der Waals surface area contributed by atoms with Crippen LogP contribution >= 0.6 is 0 Å². The van der Waals surface area contributed by atoms with Gasteiger partial charge >= 0.3 is 6.03 Å². The molecule has 1 atom stereocenters. The highest BCUT2D eigenvalue weighted by Gasteiger charge is 2.36. The molecule has 1 N–H and O–H groups in total. The molecule has 0 aliphatic carbocycles. The van der Waals surface area contributed by atoms with Crippen molar-refractivity contribution < 1.29 is 18.4 Å². The molecule has 1 aromatic carbocycles. The van der Waals surface area contributed by atoms with Crippen molar-refractivity contribution in [1.29, 1.82) is 0 Å². The Morgan fingerprint density at radius 1 is 1.19 bits per heavy atom. The molecule has 1 fully saturated rings. The third-order valence-corrected chi connectivity index (χ3v) is 2.24. The number of anilines is 1. The minimum atomic E-state index is -0.838.